The fourth-order valence-electron chi connectivity index (χ4n) is 3.39. The van der Waals surface area contributed by atoms with Gasteiger partial charge in [0.15, 0.2) is 0 Å². The van der Waals surface area contributed by atoms with Crippen LogP contribution in [-0.4, -0.2) is 18.9 Å². The third kappa shape index (κ3) is 3.31. The molecule has 0 saturated carbocycles. The second kappa shape index (κ2) is 7.08. The van der Waals surface area contributed by atoms with Crippen LogP contribution in [0.4, 0.5) is 5.69 Å². The molecule has 1 atom stereocenters. The number of benzene rings is 2. The number of hydrogen-bond acceptors (Lipinski definition) is 5. The van der Waals surface area contributed by atoms with Crippen molar-refractivity contribution >= 4 is 28.4 Å². The smallest absolute Gasteiger partial charge is 0.336 e. The highest BCUT2D eigenvalue weighted by atomic mass is 32.2. The van der Waals surface area contributed by atoms with Crippen molar-refractivity contribution in [2.75, 3.05) is 18.6 Å². The number of nitrogens with zero attached hydrogens (tertiary/aromatic N) is 1. The Morgan fingerprint density at radius 3 is 2.92 bits per heavy atom. The second-order valence-corrected chi connectivity index (χ2v) is 8.04. The topological polar surface area (TPSA) is 42.7 Å². The summed E-state index contributed by atoms with van der Waals surface area (Å²) in [6.45, 7) is 3.91. The fraction of sp³-hybridized carbons (Fsp3) is 0.286. The quantitative estimate of drug-likeness (QED) is 0.628. The molecule has 0 bridgehead atoms. The van der Waals surface area contributed by atoms with Gasteiger partial charge in [-0.15, -0.1) is 11.8 Å². The highest BCUT2D eigenvalue weighted by Crippen LogP contribution is 2.38. The maximum absolute atomic E-state index is 12.1. The molecule has 3 aromatic rings. The first-order valence-electron chi connectivity index (χ1n) is 8.75. The Balaban J connectivity index is 1.76. The lowest BCUT2D eigenvalue weighted by atomic mass is 10.1. The van der Waals surface area contributed by atoms with E-state index in [4.69, 9.17) is 9.15 Å². The molecule has 5 heteroatoms. The predicted molar refractivity (Wildman–Crippen MR) is 106 cm³/mol. The molecule has 26 heavy (non-hydrogen) atoms. The van der Waals surface area contributed by atoms with Crippen LogP contribution >= 0.6 is 11.8 Å². The molecule has 1 aromatic heterocycles. The van der Waals surface area contributed by atoms with Crippen LogP contribution in [0.5, 0.6) is 5.75 Å². The third-order valence-corrected chi connectivity index (χ3v) is 5.98. The van der Waals surface area contributed by atoms with Gasteiger partial charge in [0.1, 0.15) is 11.3 Å². The third-order valence-electron chi connectivity index (χ3n) is 4.74. The minimum atomic E-state index is -0.327. The van der Waals surface area contributed by atoms with Gasteiger partial charge in [0, 0.05) is 40.8 Å². The van der Waals surface area contributed by atoms with E-state index in [1.807, 2.05) is 23.9 Å². The summed E-state index contributed by atoms with van der Waals surface area (Å²) < 4.78 is 10.6. The first kappa shape index (κ1) is 17.0. The van der Waals surface area contributed by atoms with Crippen LogP contribution in [-0.2, 0) is 6.54 Å². The standard InChI is InChI=1S/C21H21NO3S/c1-14-9-10-22(18-5-3-4-6-20(18)26-14)13-15-11-21(23)25-19-12-16(24-2)7-8-17(15)19/h3-8,11-12,14H,9-10,13H2,1-2H3/t14-/m1/s1. The van der Waals surface area contributed by atoms with Gasteiger partial charge in [-0.1, -0.05) is 19.1 Å². The largest absolute Gasteiger partial charge is 0.497 e. The van der Waals surface area contributed by atoms with Crippen LogP contribution in [0.1, 0.15) is 18.9 Å². The summed E-state index contributed by atoms with van der Waals surface area (Å²) in [5, 5.41) is 1.52. The van der Waals surface area contributed by atoms with Crippen molar-refractivity contribution in [3.8, 4) is 5.75 Å². The first-order valence-corrected chi connectivity index (χ1v) is 9.63. The van der Waals surface area contributed by atoms with Gasteiger partial charge < -0.3 is 14.1 Å². The Morgan fingerprint density at radius 2 is 2.08 bits per heavy atom. The lowest BCUT2D eigenvalue weighted by Gasteiger charge is -2.25. The van der Waals surface area contributed by atoms with Gasteiger partial charge in [0.05, 0.1) is 12.8 Å². The van der Waals surface area contributed by atoms with E-state index in [1.54, 1.807) is 19.2 Å². The van der Waals surface area contributed by atoms with E-state index in [0.29, 0.717) is 23.1 Å². The number of methoxy groups -OCH3 is 1. The SMILES string of the molecule is COc1ccc2c(CN3CC[C@@H](C)Sc4ccccc43)cc(=O)oc2c1. The van der Waals surface area contributed by atoms with Crippen LogP contribution < -0.4 is 15.3 Å². The van der Waals surface area contributed by atoms with Crippen LogP contribution in [0.2, 0.25) is 0 Å². The van der Waals surface area contributed by atoms with Crippen molar-refractivity contribution in [2.24, 2.45) is 0 Å². The molecule has 4 nitrogen and oxygen atoms in total. The van der Waals surface area contributed by atoms with Crippen molar-refractivity contribution in [1.82, 2.24) is 0 Å². The monoisotopic (exact) mass is 367 g/mol. The molecule has 2 heterocycles. The Kier molecular flexibility index (Phi) is 4.64. The summed E-state index contributed by atoms with van der Waals surface area (Å²) in [5.41, 5.74) is 2.45. The molecule has 2 aromatic carbocycles. The van der Waals surface area contributed by atoms with Crippen LogP contribution in [0, 0.1) is 0 Å². The summed E-state index contributed by atoms with van der Waals surface area (Å²) in [6, 6.07) is 15.8. The number of para-hydroxylation sites is 1. The number of thioether (sulfide) groups is 1. The number of fused-ring (bicyclic) bond motifs is 2. The molecule has 134 valence electrons. The Bertz CT molecular complexity index is 998. The Morgan fingerprint density at radius 1 is 1.23 bits per heavy atom. The Labute approximate surface area is 156 Å². The molecule has 0 saturated heterocycles. The van der Waals surface area contributed by atoms with E-state index in [9.17, 15) is 4.79 Å². The molecule has 0 unspecified atom stereocenters. The molecular formula is C21H21NO3S. The van der Waals surface area contributed by atoms with Gasteiger partial charge in [0.25, 0.3) is 0 Å². The maximum atomic E-state index is 12.1. The maximum Gasteiger partial charge on any atom is 0.336 e. The second-order valence-electron chi connectivity index (χ2n) is 6.56. The van der Waals surface area contributed by atoms with Gasteiger partial charge >= 0.3 is 5.63 Å². The minimum Gasteiger partial charge on any atom is -0.497 e. The molecule has 0 aliphatic carbocycles. The normalized spacial score (nSPS) is 17.0. The van der Waals surface area contributed by atoms with Gasteiger partial charge in [-0.3, -0.25) is 0 Å². The van der Waals surface area contributed by atoms with E-state index in [1.165, 1.54) is 10.6 Å². The zero-order chi connectivity index (χ0) is 18.1. The van der Waals surface area contributed by atoms with Gasteiger partial charge in [0.2, 0.25) is 0 Å². The summed E-state index contributed by atoms with van der Waals surface area (Å²) in [7, 11) is 1.61. The van der Waals surface area contributed by atoms with Crippen LogP contribution in [0.15, 0.2) is 62.6 Å². The van der Waals surface area contributed by atoms with Crippen LogP contribution in [0.25, 0.3) is 11.0 Å². The highest BCUT2D eigenvalue weighted by Gasteiger charge is 2.20. The highest BCUT2D eigenvalue weighted by molar-refractivity contribution is 8.00. The zero-order valence-electron chi connectivity index (χ0n) is 14.9. The molecule has 4 rings (SSSR count). The van der Waals surface area contributed by atoms with Crippen molar-refractivity contribution in [1.29, 1.82) is 0 Å². The zero-order valence-corrected chi connectivity index (χ0v) is 15.7. The predicted octanol–water partition coefficient (Wildman–Crippen LogP) is 4.69. The van der Waals surface area contributed by atoms with Crippen LogP contribution in [0.3, 0.4) is 0 Å². The summed E-state index contributed by atoms with van der Waals surface area (Å²) >= 11 is 1.92. The van der Waals surface area contributed by atoms with E-state index >= 15 is 0 Å². The molecule has 1 aliphatic rings. The fourth-order valence-corrected chi connectivity index (χ4v) is 4.52. The number of rotatable bonds is 3. The minimum absolute atomic E-state index is 0.327. The van der Waals surface area contributed by atoms with Crippen molar-refractivity contribution in [2.45, 2.75) is 30.0 Å². The van der Waals surface area contributed by atoms with Gasteiger partial charge in [-0.2, -0.15) is 0 Å². The molecule has 0 radical (unpaired) electrons. The summed E-state index contributed by atoms with van der Waals surface area (Å²) in [5.74, 6) is 0.683. The van der Waals surface area contributed by atoms with Crippen molar-refractivity contribution in [3.05, 3.63) is 64.5 Å². The van der Waals surface area contributed by atoms with Gasteiger partial charge in [-0.05, 0) is 36.2 Å². The van der Waals surface area contributed by atoms with Crippen molar-refractivity contribution < 1.29 is 9.15 Å². The van der Waals surface area contributed by atoms with E-state index in [0.717, 1.165) is 23.9 Å². The Hall–Kier alpha value is -2.40. The molecule has 0 fully saturated rings. The molecular weight excluding hydrogens is 346 g/mol. The lowest BCUT2D eigenvalue weighted by molar-refractivity contribution is 0.414. The molecule has 0 amide bonds. The molecule has 0 spiro atoms. The van der Waals surface area contributed by atoms with E-state index < -0.39 is 0 Å². The van der Waals surface area contributed by atoms with E-state index in [-0.39, 0.29) is 5.63 Å². The van der Waals surface area contributed by atoms with Gasteiger partial charge in [-0.25, -0.2) is 4.79 Å². The first-order chi connectivity index (χ1) is 12.6. The average molecular weight is 367 g/mol. The number of anilines is 1. The molecule has 1 aliphatic heterocycles. The number of hydrogen-bond donors (Lipinski definition) is 0. The van der Waals surface area contributed by atoms with E-state index in [2.05, 4.69) is 36.1 Å². The lowest BCUT2D eigenvalue weighted by Crippen LogP contribution is -2.25. The summed E-state index contributed by atoms with van der Waals surface area (Å²) in [6.07, 6.45) is 1.10. The van der Waals surface area contributed by atoms with Crippen molar-refractivity contribution in [3.63, 3.8) is 0 Å². The average Bonchev–Trinajstić information content (AvgIpc) is 2.80. The number of ether oxygens (including phenoxy) is 1. The molecule has 0 N–H and O–H groups in total. The summed E-state index contributed by atoms with van der Waals surface area (Å²) in [4.78, 5) is 15.7.